The smallest absolute Gasteiger partial charge is 0.128 e. The number of nitrogens with one attached hydrogen (secondary N) is 1. The van der Waals surface area contributed by atoms with Gasteiger partial charge in [-0.25, -0.2) is 9.97 Å². The molecule has 3 heteroatoms. The summed E-state index contributed by atoms with van der Waals surface area (Å²) < 4.78 is 0. The molecule has 0 saturated carbocycles. The highest BCUT2D eigenvalue weighted by Crippen LogP contribution is 2.19. The van der Waals surface area contributed by atoms with Crippen LogP contribution in [-0.4, -0.2) is 23.1 Å². The van der Waals surface area contributed by atoms with E-state index in [0.717, 1.165) is 36.8 Å². The van der Waals surface area contributed by atoms with Gasteiger partial charge in [-0.1, -0.05) is 30.3 Å². The number of nitrogens with zero attached hydrogens (tertiary/aromatic N) is 2. The zero-order chi connectivity index (χ0) is 12.9. The van der Waals surface area contributed by atoms with Gasteiger partial charge in [0.15, 0.2) is 0 Å². The Morgan fingerprint density at radius 3 is 2.32 bits per heavy atom. The van der Waals surface area contributed by atoms with Crippen LogP contribution in [0, 0.1) is 5.92 Å². The van der Waals surface area contributed by atoms with Crippen molar-refractivity contribution < 1.29 is 0 Å². The molecular formula is C16H19N3. The van der Waals surface area contributed by atoms with Gasteiger partial charge >= 0.3 is 0 Å². The third kappa shape index (κ3) is 3.18. The first-order chi connectivity index (χ1) is 9.42. The van der Waals surface area contributed by atoms with Crippen LogP contribution in [0.15, 0.2) is 42.7 Å². The van der Waals surface area contributed by atoms with Crippen molar-refractivity contribution in [2.45, 2.75) is 19.3 Å². The van der Waals surface area contributed by atoms with Gasteiger partial charge in [-0.2, -0.15) is 0 Å². The van der Waals surface area contributed by atoms with Gasteiger partial charge in [0.05, 0.1) is 0 Å². The molecule has 0 amide bonds. The van der Waals surface area contributed by atoms with Crippen molar-refractivity contribution in [1.29, 1.82) is 0 Å². The maximum Gasteiger partial charge on any atom is 0.128 e. The van der Waals surface area contributed by atoms with Crippen LogP contribution in [0.5, 0.6) is 0 Å². The molecule has 19 heavy (non-hydrogen) atoms. The number of piperidine rings is 1. The fraction of sp³-hybridized carbons (Fsp3) is 0.375. The summed E-state index contributed by atoms with van der Waals surface area (Å²) in [5, 5.41) is 3.39. The normalized spacial score (nSPS) is 16.4. The highest BCUT2D eigenvalue weighted by Gasteiger charge is 2.14. The first-order valence-electron chi connectivity index (χ1n) is 6.99. The third-order valence-corrected chi connectivity index (χ3v) is 3.74. The molecule has 98 valence electrons. The number of aromatic nitrogens is 2. The van der Waals surface area contributed by atoms with Crippen LogP contribution in [0.1, 0.15) is 18.7 Å². The Morgan fingerprint density at radius 2 is 1.63 bits per heavy atom. The molecular weight excluding hydrogens is 234 g/mol. The molecule has 1 aromatic heterocycles. The van der Waals surface area contributed by atoms with E-state index >= 15 is 0 Å². The summed E-state index contributed by atoms with van der Waals surface area (Å²) in [5.41, 5.74) is 2.27. The van der Waals surface area contributed by atoms with E-state index in [-0.39, 0.29) is 0 Å². The standard InChI is InChI=1S/C16H19N3/c1-2-4-14(5-3-1)15-11-18-16(19-12-15)10-13-6-8-17-9-7-13/h1-5,11-13,17H,6-10H2. The minimum Gasteiger partial charge on any atom is -0.317 e. The van der Waals surface area contributed by atoms with Crippen LogP contribution in [0.2, 0.25) is 0 Å². The van der Waals surface area contributed by atoms with Crippen LogP contribution in [0.3, 0.4) is 0 Å². The van der Waals surface area contributed by atoms with E-state index in [1.165, 1.54) is 18.4 Å². The molecule has 0 atom stereocenters. The molecule has 3 rings (SSSR count). The second-order valence-corrected chi connectivity index (χ2v) is 5.15. The van der Waals surface area contributed by atoms with Gasteiger partial charge in [-0.15, -0.1) is 0 Å². The predicted octanol–water partition coefficient (Wildman–Crippen LogP) is 2.69. The average Bonchev–Trinajstić information content (AvgIpc) is 2.50. The van der Waals surface area contributed by atoms with Crippen molar-refractivity contribution in [2.75, 3.05) is 13.1 Å². The summed E-state index contributed by atoms with van der Waals surface area (Å²) in [6.07, 6.45) is 7.38. The van der Waals surface area contributed by atoms with E-state index in [9.17, 15) is 0 Å². The van der Waals surface area contributed by atoms with E-state index < -0.39 is 0 Å². The Morgan fingerprint density at radius 1 is 0.947 bits per heavy atom. The largest absolute Gasteiger partial charge is 0.317 e. The lowest BCUT2D eigenvalue weighted by atomic mass is 9.94. The Kier molecular flexibility index (Phi) is 3.84. The lowest BCUT2D eigenvalue weighted by molar-refractivity contribution is 0.367. The molecule has 0 unspecified atom stereocenters. The molecule has 1 saturated heterocycles. The quantitative estimate of drug-likeness (QED) is 0.914. The molecule has 1 aliphatic heterocycles. The lowest BCUT2D eigenvalue weighted by Gasteiger charge is -2.21. The first-order valence-corrected chi connectivity index (χ1v) is 6.99. The van der Waals surface area contributed by atoms with Crippen molar-refractivity contribution in [1.82, 2.24) is 15.3 Å². The monoisotopic (exact) mass is 253 g/mol. The fourth-order valence-corrected chi connectivity index (χ4v) is 2.58. The Bertz CT molecular complexity index is 501. The van der Waals surface area contributed by atoms with Gasteiger partial charge in [0, 0.05) is 24.4 Å². The highest BCUT2D eigenvalue weighted by atomic mass is 14.9. The van der Waals surface area contributed by atoms with Crippen LogP contribution in [0.4, 0.5) is 0 Å². The lowest BCUT2D eigenvalue weighted by Crippen LogP contribution is -2.29. The average molecular weight is 253 g/mol. The van der Waals surface area contributed by atoms with E-state index in [4.69, 9.17) is 0 Å². The van der Waals surface area contributed by atoms with E-state index in [1.54, 1.807) is 0 Å². The van der Waals surface area contributed by atoms with Crippen molar-refractivity contribution in [3.05, 3.63) is 48.5 Å². The van der Waals surface area contributed by atoms with Gasteiger partial charge < -0.3 is 5.32 Å². The molecule has 2 heterocycles. The number of hydrogen-bond donors (Lipinski definition) is 1. The Balaban J connectivity index is 1.68. The fourth-order valence-electron chi connectivity index (χ4n) is 2.58. The molecule has 0 bridgehead atoms. The summed E-state index contributed by atoms with van der Waals surface area (Å²) in [5.74, 6) is 1.72. The number of rotatable bonds is 3. The van der Waals surface area contributed by atoms with Crippen molar-refractivity contribution in [3.8, 4) is 11.1 Å². The van der Waals surface area contributed by atoms with E-state index in [2.05, 4.69) is 27.4 Å². The molecule has 3 nitrogen and oxygen atoms in total. The van der Waals surface area contributed by atoms with Crippen molar-refractivity contribution >= 4 is 0 Å². The highest BCUT2D eigenvalue weighted by molar-refractivity contribution is 5.60. The van der Waals surface area contributed by atoms with Gasteiger partial charge in [0.2, 0.25) is 0 Å². The van der Waals surface area contributed by atoms with Crippen LogP contribution in [-0.2, 0) is 6.42 Å². The second kappa shape index (κ2) is 5.93. The Labute approximate surface area is 114 Å². The molecule has 1 fully saturated rings. The van der Waals surface area contributed by atoms with Gasteiger partial charge in [-0.3, -0.25) is 0 Å². The molecule has 1 aromatic carbocycles. The maximum atomic E-state index is 4.52. The molecule has 0 spiro atoms. The summed E-state index contributed by atoms with van der Waals surface area (Å²) in [4.78, 5) is 9.04. The molecule has 2 aromatic rings. The summed E-state index contributed by atoms with van der Waals surface area (Å²) >= 11 is 0. The third-order valence-electron chi connectivity index (χ3n) is 3.74. The summed E-state index contributed by atoms with van der Waals surface area (Å²) in [6.45, 7) is 2.26. The minimum absolute atomic E-state index is 0.740. The van der Waals surface area contributed by atoms with E-state index in [1.807, 2.05) is 30.6 Å². The SMILES string of the molecule is c1ccc(-c2cnc(CC3CCNCC3)nc2)cc1. The minimum atomic E-state index is 0.740. The zero-order valence-corrected chi connectivity index (χ0v) is 11.0. The van der Waals surface area contributed by atoms with Gasteiger partial charge in [0.1, 0.15) is 5.82 Å². The van der Waals surface area contributed by atoms with Gasteiger partial charge in [-0.05, 0) is 37.4 Å². The predicted molar refractivity (Wildman–Crippen MR) is 76.8 cm³/mol. The Hall–Kier alpha value is -1.74. The van der Waals surface area contributed by atoms with Crippen molar-refractivity contribution in [3.63, 3.8) is 0 Å². The first kappa shape index (κ1) is 12.3. The van der Waals surface area contributed by atoms with Crippen molar-refractivity contribution in [2.24, 2.45) is 5.92 Å². The molecule has 1 aliphatic rings. The topological polar surface area (TPSA) is 37.8 Å². The van der Waals surface area contributed by atoms with Gasteiger partial charge in [0.25, 0.3) is 0 Å². The van der Waals surface area contributed by atoms with E-state index in [0.29, 0.717) is 0 Å². The van der Waals surface area contributed by atoms with Crippen LogP contribution < -0.4 is 5.32 Å². The molecule has 1 N–H and O–H groups in total. The second-order valence-electron chi connectivity index (χ2n) is 5.15. The maximum absolute atomic E-state index is 4.52. The van der Waals surface area contributed by atoms with Crippen LogP contribution >= 0.6 is 0 Å². The number of hydrogen-bond acceptors (Lipinski definition) is 3. The summed E-state index contributed by atoms with van der Waals surface area (Å²) in [6, 6.07) is 10.3. The van der Waals surface area contributed by atoms with Crippen LogP contribution in [0.25, 0.3) is 11.1 Å². The number of benzene rings is 1. The zero-order valence-electron chi connectivity index (χ0n) is 11.0. The summed E-state index contributed by atoms with van der Waals surface area (Å²) in [7, 11) is 0. The molecule has 0 radical (unpaired) electrons. The molecule has 0 aliphatic carbocycles.